The van der Waals surface area contributed by atoms with Gasteiger partial charge in [0.2, 0.25) is 0 Å². The van der Waals surface area contributed by atoms with Gasteiger partial charge in [-0.25, -0.2) is 14.3 Å². The van der Waals surface area contributed by atoms with Crippen LogP contribution in [0.25, 0.3) is 0 Å². The van der Waals surface area contributed by atoms with Crippen molar-refractivity contribution in [2.75, 3.05) is 11.0 Å². The summed E-state index contributed by atoms with van der Waals surface area (Å²) in [7, 11) is -2.98. The number of benzene rings is 1. The summed E-state index contributed by atoms with van der Waals surface area (Å²) in [4.78, 5) is 4.90. The number of quaternary nitrogens is 1. The number of aryl methyl sites for hydroxylation is 1. The lowest BCUT2D eigenvalue weighted by molar-refractivity contribution is -0.164. The first-order chi connectivity index (χ1) is 9.77. The summed E-state index contributed by atoms with van der Waals surface area (Å²) >= 11 is 1.28. The van der Waals surface area contributed by atoms with Crippen molar-refractivity contribution in [3.63, 3.8) is 0 Å². The fourth-order valence-electron chi connectivity index (χ4n) is 1.57. The lowest BCUT2D eigenvalue weighted by Gasteiger charge is -2.10. The summed E-state index contributed by atoms with van der Waals surface area (Å²) in [5.74, 6) is 0. The van der Waals surface area contributed by atoms with Crippen molar-refractivity contribution in [2.24, 2.45) is 7.05 Å². The number of rotatable bonds is 5. The van der Waals surface area contributed by atoms with E-state index in [4.69, 9.17) is 0 Å². The van der Waals surface area contributed by atoms with Crippen LogP contribution >= 0.6 is 11.8 Å². The van der Waals surface area contributed by atoms with Crippen LogP contribution in [0.15, 0.2) is 45.5 Å². The van der Waals surface area contributed by atoms with E-state index in [1.807, 2.05) is 11.6 Å². The number of imidazole rings is 1. The van der Waals surface area contributed by atoms with Crippen LogP contribution in [0, 0.1) is 0 Å². The van der Waals surface area contributed by atoms with E-state index >= 15 is 0 Å². The Morgan fingerprint density at radius 1 is 1.43 bits per heavy atom. The highest BCUT2D eigenvalue weighted by molar-refractivity contribution is 7.99. The lowest BCUT2D eigenvalue weighted by Crippen LogP contribution is -2.56. The Morgan fingerprint density at radius 2 is 2.14 bits per heavy atom. The first-order valence-electron chi connectivity index (χ1n) is 5.75. The minimum Gasteiger partial charge on any atom is -0.329 e. The highest BCUT2D eigenvalue weighted by atomic mass is 32.2. The Morgan fingerprint density at radius 3 is 2.67 bits per heavy atom. The predicted octanol–water partition coefficient (Wildman–Crippen LogP) is 0.207. The van der Waals surface area contributed by atoms with Gasteiger partial charge in [0.05, 0.1) is 5.69 Å². The monoisotopic (exact) mass is 347 g/mol. The Hall–Kier alpha value is -1.36. The number of anilines is 1. The van der Waals surface area contributed by atoms with Crippen molar-refractivity contribution in [3.8, 4) is 0 Å². The van der Waals surface area contributed by atoms with Gasteiger partial charge in [0.25, 0.3) is 0 Å². The largest absolute Gasteiger partial charge is 0.329 e. The maximum atomic E-state index is 11.6. The van der Waals surface area contributed by atoms with Crippen LogP contribution in [0.1, 0.15) is 0 Å². The van der Waals surface area contributed by atoms with Crippen LogP contribution in [-0.2, 0) is 28.1 Å². The minimum absolute atomic E-state index is 0.103. The Labute approximate surface area is 129 Å². The van der Waals surface area contributed by atoms with Crippen LogP contribution in [0.5, 0.6) is 0 Å². The van der Waals surface area contributed by atoms with E-state index in [0.717, 1.165) is 0 Å². The zero-order valence-corrected chi connectivity index (χ0v) is 13.9. The lowest BCUT2D eigenvalue weighted by atomic mass is 10.3. The summed E-state index contributed by atoms with van der Waals surface area (Å²) in [6.45, 7) is 0. The molecule has 7 nitrogen and oxygen atoms in total. The summed E-state index contributed by atoms with van der Waals surface area (Å²) in [6, 6.07) is 4.50. The summed E-state index contributed by atoms with van der Waals surface area (Å²) in [5, 5.41) is 3.84. The van der Waals surface area contributed by atoms with Crippen molar-refractivity contribution in [3.05, 3.63) is 30.6 Å². The van der Waals surface area contributed by atoms with E-state index in [1.54, 1.807) is 18.5 Å². The molecule has 0 aliphatic rings. The highest BCUT2D eigenvalue weighted by Gasteiger charge is 2.16. The van der Waals surface area contributed by atoms with Crippen molar-refractivity contribution >= 4 is 38.5 Å². The average molecular weight is 347 g/mol. The number of aromatic nitrogens is 2. The second-order valence-electron chi connectivity index (χ2n) is 4.25. The summed E-state index contributed by atoms with van der Waals surface area (Å²) < 4.78 is 39.1. The molecule has 114 valence electrons. The van der Waals surface area contributed by atoms with Gasteiger partial charge in [-0.1, -0.05) is 0 Å². The Balaban J connectivity index is 2.48. The zero-order chi connectivity index (χ0) is 15.6. The van der Waals surface area contributed by atoms with Crippen LogP contribution in [0.2, 0.25) is 0 Å². The van der Waals surface area contributed by atoms with Crippen LogP contribution in [0.4, 0.5) is 5.69 Å². The fraction of sp³-hybridized carbons (Fsp3) is 0.182. The smallest absolute Gasteiger partial charge is 0.322 e. The van der Waals surface area contributed by atoms with E-state index in [9.17, 15) is 12.6 Å². The molecule has 1 unspecified atom stereocenters. The molecule has 0 bridgehead atoms. The molecule has 0 amide bonds. The molecule has 0 saturated carbocycles. The topological polar surface area (TPSA) is 109 Å². The van der Waals surface area contributed by atoms with Crippen molar-refractivity contribution in [2.45, 2.75) is 14.9 Å². The number of sulfonamides is 1. The molecule has 4 N–H and O–H groups in total. The number of hydrogen-bond acceptors (Lipinski definition) is 5. The molecule has 2 aromatic rings. The van der Waals surface area contributed by atoms with E-state index in [2.05, 4.69) is 14.8 Å². The molecule has 21 heavy (non-hydrogen) atoms. The fourth-order valence-corrected chi connectivity index (χ4v) is 3.70. The molecule has 1 heterocycles. The minimum atomic E-state index is -3.55. The normalized spacial score (nSPS) is 13.1. The van der Waals surface area contributed by atoms with Crippen molar-refractivity contribution in [1.29, 1.82) is 0 Å². The molecular weight excluding hydrogens is 332 g/mol. The third-order valence-corrected chi connectivity index (χ3v) is 5.16. The second kappa shape index (κ2) is 6.18. The molecule has 1 aromatic heterocycles. The van der Waals surface area contributed by atoms with Gasteiger partial charge in [0.1, 0.15) is 15.9 Å². The summed E-state index contributed by atoms with van der Waals surface area (Å²) in [6.07, 6.45) is 4.94. The van der Waals surface area contributed by atoms with E-state index < -0.39 is 21.0 Å². The zero-order valence-electron chi connectivity index (χ0n) is 11.4. The second-order valence-corrected chi connectivity index (χ2v) is 8.07. The first-order valence-corrected chi connectivity index (χ1v) is 9.77. The standard InChI is InChI=1S/C11H14N4O3S3/c1-15-6-5-13-11(15)19-10-7-8(21(12,17)18)3-4-9(10)14-20(2)16/h3-7,14H,1-2H3,(H2,12,17,18)/p+1. The highest BCUT2D eigenvalue weighted by Crippen LogP contribution is 2.34. The quantitative estimate of drug-likeness (QED) is 0.803. The molecule has 2 rings (SSSR count). The van der Waals surface area contributed by atoms with Crippen LogP contribution in [-0.4, -0.2) is 28.4 Å². The van der Waals surface area contributed by atoms with Crippen LogP contribution in [0.3, 0.4) is 0 Å². The van der Waals surface area contributed by atoms with Crippen molar-refractivity contribution < 1.29 is 17.8 Å². The van der Waals surface area contributed by atoms with Gasteiger partial charge >= 0.3 is 10.0 Å². The van der Waals surface area contributed by atoms with E-state index in [-0.39, 0.29) is 4.90 Å². The Kier molecular flexibility index (Phi) is 4.71. The van der Waals surface area contributed by atoms with Crippen molar-refractivity contribution in [1.82, 2.24) is 9.55 Å². The molecule has 10 heteroatoms. The van der Waals surface area contributed by atoms with Crippen LogP contribution < -0.4 is 9.86 Å². The number of nitrogens with one attached hydrogen (secondary N) is 1. The number of nitrogens with zero attached hydrogens (tertiary/aromatic N) is 2. The molecular formula is C11H15N4O3S3+. The Bertz CT molecular complexity index is 786. The molecule has 0 aliphatic heterocycles. The van der Waals surface area contributed by atoms with Gasteiger partial charge < -0.3 is 9.29 Å². The molecule has 1 atom stereocenters. The third-order valence-electron chi connectivity index (χ3n) is 2.54. The van der Waals surface area contributed by atoms with Gasteiger partial charge in [-0.05, 0) is 30.0 Å². The van der Waals surface area contributed by atoms with E-state index in [0.29, 0.717) is 15.7 Å². The van der Waals surface area contributed by atoms with Gasteiger partial charge in [-0.15, -0.1) is 0 Å². The average Bonchev–Trinajstić information content (AvgIpc) is 2.75. The van der Waals surface area contributed by atoms with Gasteiger partial charge in [0, 0.05) is 30.6 Å². The molecule has 0 fully saturated rings. The van der Waals surface area contributed by atoms with E-state index in [1.165, 1.54) is 30.2 Å². The molecule has 1 aromatic carbocycles. The summed E-state index contributed by atoms with van der Waals surface area (Å²) in [5.41, 5.74) is 0.580. The third kappa shape index (κ3) is 4.06. The molecule has 0 spiro atoms. The number of hydrogen-bond donors (Lipinski definition) is 2. The first kappa shape index (κ1) is 16.0. The van der Waals surface area contributed by atoms with Gasteiger partial charge in [-0.3, -0.25) is 0 Å². The molecule has 0 radical (unpaired) electrons. The maximum absolute atomic E-state index is 11.6. The predicted molar refractivity (Wildman–Crippen MR) is 81.5 cm³/mol. The molecule has 0 saturated heterocycles. The van der Waals surface area contributed by atoms with Gasteiger partial charge in [0.15, 0.2) is 5.16 Å². The van der Waals surface area contributed by atoms with Gasteiger partial charge in [-0.2, -0.15) is 8.42 Å². The SMILES string of the molecule is Cn1ccnc1Sc1cc(S([NH3+])(=O)=O)ccc1NS(C)=O. The molecule has 0 aliphatic carbocycles. The maximum Gasteiger partial charge on any atom is 0.322 e.